The fourth-order valence-electron chi connectivity index (χ4n) is 2.43. The van der Waals surface area contributed by atoms with Gasteiger partial charge in [0.1, 0.15) is 0 Å². The molecule has 1 N–H and O–H groups in total. The predicted molar refractivity (Wildman–Crippen MR) is 86.2 cm³/mol. The number of urea groups is 1. The van der Waals surface area contributed by atoms with Crippen molar-refractivity contribution in [2.75, 3.05) is 0 Å². The van der Waals surface area contributed by atoms with Crippen LogP contribution in [0.5, 0.6) is 0 Å². The normalized spacial score (nSPS) is 15.1. The first kappa shape index (κ1) is 14.6. The van der Waals surface area contributed by atoms with Crippen LogP contribution in [0.1, 0.15) is 37.1 Å². The maximum absolute atomic E-state index is 12.6. The van der Waals surface area contributed by atoms with E-state index in [0.29, 0.717) is 12.6 Å². The van der Waals surface area contributed by atoms with Crippen LogP contribution in [0.3, 0.4) is 0 Å². The number of amides is 2. The van der Waals surface area contributed by atoms with Crippen LogP contribution in [-0.4, -0.2) is 22.0 Å². The van der Waals surface area contributed by atoms with Crippen LogP contribution < -0.4 is 5.32 Å². The Labute approximate surface area is 131 Å². The molecule has 1 aliphatic rings. The summed E-state index contributed by atoms with van der Waals surface area (Å²) in [5, 5.41) is 3.08. The van der Waals surface area contributed by atoms with E-state index >= 15 is 0 Å². The van der Waals surface area contributed by atoms with Gasteiger partial charge in [0, 0.05) is 18.8 Å². The minimum atomic E-state index is -0.0693. The molecule has 2 amide bonds. The van der Waals surface area contributed by atoms with Crippen molar-refractivity contribution in [2.45, 2.75) is 38.4 Å². The summed E-state index contributed by atoms with van der Waals surface area (Å²) in [6.45, 7) is 2.61. The molecular weight excluding hydrogens is 274 g/mol. The molecule has 4 heteroatoms. The van der Waals surface area contributed by atoms with Crippen molar-refractivity contribution in [1.29, 1.82) is 0 Å². The van der Waals surface area contributed by atoms with E-state index in [1.807, 2.05) is 60.4 Å². The maximum atomic E-state index is 12.6. The Morgan fingerprint density at radius 1 is 1.23 bits per heavy atom. The summed E-state index contributed by atoms with van der Waals surface area (Å²) < 4.78 is 0. The first-order valence-corrected chi connectivity index (χ1v) is 7.76. The fourth-order valence-corrected chi connectivity index (χ4v) is 2.43. The number of carbonyl (C=O) groups excluding carboxylic acids is 1. The zero-order chi connectivity index (χ0) is 15.4. The van der Waals surface area contributed by atoms with Crippen molar-refractivity contribution in [3.8, 4) is 0 Å². The number of hydrogen-bond acceptors (Lipinski definition) is 2. The lowest BCUT2D eigenvalue weighted by Gasteiger charge is -2.29. The molecule has 0 aliphatic heterocycles. The molecule has 2 aromatic rings. The molecule has 0 spiro atoms. The van der Waals surface area contributed by atoms with Crippen LogP contribution in [0.4, 0.5) is 4.79 Å². The van der Waals surface area contributed by atoms with Crippen molar-refractivity contribution in [2.24, 2.45) is 0 Å². The molecular formula is C18H21N3O. The van der Waals surface area contributed by atoms with Crippen molar-refractivity contribution in [1.82, 2.24) is 15.2 Å². The van der Waals surface area contributed by atoms with Gasteiger partial charge in [0.05, 0.1) is 11.7 Å². The number of carbonyl (C=O) groups is 1. The lowest BCUT2D eigenvalue weighted by molar-refractivity contribution is 0.173. The van der Waals surface area contributed by atoms with Crippen LogP contribution >= 0.6 is 0 Å². The van der Waals surface area contributed by atoms with E-state index < -0.39 is 0 Å². The Balaban J connectivity index is 1.79. The molecule has 0 radical (unpaired) electrons. The van der Waals surface area contributed by atoms with Crippen molar-refractivity contribution in [3.63, 3.8) is 0 Å². The second-order valence-corrected chi connectivity index (χ2v) is 5.77. The number of benzene rings is 1. The summed E-state index contributed by atoms with van der Waals surface area (Å²) in [4.78, 5) is 18.9. The Morgan fingerprint density at radius 3 is 2.59 bits per heavy atom. The monoisotopic (exact) mass is 295 g/mol. The Kier molecular flexibility index (Phi) is 4.37. The number of hydrogen-bond donors (Lipinski definition) is 1. The van der Waals surface area contributed by atoms with Gasteiger partial charge in [-0.2, -0.15) is 0 Å². The fraction of sp³-hybridized carbons (Fsp3) is 0.333. The number of nitrogens with zero attached hydrogens (tertiary/aromatic N) is 2. The van der Waals surface area contributed by atoms with Gasteiger partial charge >= 0.3 is 6.03 Å². The average Bonchev–Trinajstić information content (AvgIpc) is 3.37. The summed E-state index contributed by atoms with van der Waals surface area (Å²) in [6.07, 6.45) is 3.94. The third-order valence-corrected chi connectivity index (χ3v) is 3.94. The maximum Gasteiger partial charge on any atom is 0.318 e. The van der Waals surface area contributed by atoms with E-state index in [4.69, 9.17) is 0 Å². The van der Waals surface area contributed by atoms with Gasteiger partial charge in [-0.3, -0.25) is 4.98 Å². The van der Waals surface area contributed by atoms with E-state index in [-0.39, 0.29) is 12.1 Å². The van der Waals surface area contributed by atoms with Gasteiger partial charge in [0.15, 0.2) is 0 Å². The summed E-state index contributed by atoms with van der Waals surface area (Å²) in [7, 11) is 0. The molecule has 1 saturated carbocycles. The van der Waals surface area contributed by atoms with Crippen LogP contribution in [0.2, 0.25) is 0 Å². The number of nitrogens with one attached hydrogen (secondary N) is 1. The summed E-state index contributed by atoms with van der Waals surface area (Å²) >= 11 is 0. The molecule has 1 unspecified atom stereocenters. The quantitative estimate of drug-likeness (QED) is 0.917. The van der Waals surface area contributed by atoms with Crippen molar-refractivity contribution < 1.29 is 4.79 Å². The second-order valence-electron chi connectivity index (χ2n) is 5.77. The first-order valence-electron chi connectivity index (χ1n) is 7.76. The van der Waals surface area contributed by atoms with E-state index in [1.54, 1.807) is 6.20 Å². The smallest absolute Gasteiger partial charge is 0.318 e. The zero-order valence-electron chi connectivity index (χ0n) is 12.8. The second kappa shape index (κ2) is 6.60. The van der Waals surface area contributed by atoms with Gasteiger partial charge in [-0.15, -0.1) is 0 Å². The van der Waals surface area contributed by atoms with Crippen molar-refractivity contribution >= 4 is 6.03 Å². The van der Waals surface area contributed by atoms with Gasteiger partial charge in [-0.1, -0.05) is 36.4 Å². The van der Waals surface area contributed by atoms with Crippen molar-refractivity contribution in [3.05, 3.63) is 66.0 Å². The molecule has 1 aromatic carbocycles. The average molecular weight is 295 g/mol. The molecule has 1 fully saturated rings. The van der Waals surface area contributed by atoms with Gasteiger partial charge in [-0.25, -0.2) is 4.79 Å². The molecule has 1 aliphatic carbocycles. The molecule has 1 heterocycles. The molecule has 0 saturated heterocycles. The largest absolute Gasteiger partial charge is 0.335 e. The Hall–Kier alpha value is -2.36. The van der Waals surface area contributed by atoms with Gasteiger partial charge in [0.25, 0.3) is 0 Å². The highest BCUT2D eigenvalue weighted by molar-refractivity contribution is 5.75. The van der Waals surface area contributed by atoms with E-state index in [1.165, 1.54) is 0 Å². The number of aromatic nitrogens is 1. The summed E-state index contributed by atoms with van der Waals surface area (Å²) in [6, 6.07) is 16.2. The number of pyridine rings is 1. The zero-order valence-corrected chi connectivity index (χ0v) is 12.8. The highest BCUT2D eigenvalue weighted by Crippen LogP contribution is 2.24. The van der Waals surface area contributed by atoms with Gasteiger partial charge in [-0.05, 0) is 37.5 Å². The Bertz CT molecular complexity index is 611. The van der Waals surface area contributed by atoms with E-state index in [0.717, 1.165) is 24.1 Å². The lowest BCUT2D eigenvalue weighted by Crippen LogP contribution is -2.42. The third kappa shape index (κ3) is 3.64. The highest BCUT2D eigenvalue weighted by atomic mass is 16.2. The van der Waals surface area contributed by atoms with Crippen LogP contribution in [-0.2, 0) is 6.54 Å². The van der Waals surface area contributed by atoms with Gasteiger partial charge in [0.2, 0.25) is 0 Å². The van der Waals surface area contributed by atoms with Crippen LogP contribution in [0.25, 0.3) is 0 Å². The number of rotatable bonds is 5. The third-order valence-electron chi connectivity index (χ3n) is 3.94. The predicted octanol–water partition coefficient (Wildman–Crippen LogP) is 3.52. The topological polar surface area (TPSA) is 45.2 Å². The first-order chi connectivity index (χ1) is 10.7. The minimum Gasteiger partial charge on any atom is -0.335 e. The lowest BCUT2D eigenvalue weighted by atomic mass is 10.1. The molecule has 3 rings (SSSR count). The van der Waals surface area contributed by atoms with Crippen LogP contribution in [0.15, 0.2) is 54.7 Å². The van der Waals surface area contributed by atoms with Gasteiger partial charge < -0.3 is 10.2 Å². The van der Waals surface area contributed by atoms with Crippen LogP contribution in [0, 0.1) is 0 Å². The minimum absolute atomic E-state index is 0.00972. The molecule has 4 nitrogen and oxygen atoms in total. The molecule has 1 aromatic heterocycles. The standard InChI is InChI=1S/C18H21N3O/c1-14(17-9-5-6-12-19-17)21(18(22)20-16-10-11-16)13-15-7-3-2-4-8-15/h2-9,12,14,16H,10-11,13H2,1H3,(H,20,22). The van der Waals surface area contributed by atoms with E-state index in [2.05, 4.69) is 10.3 Å². The Morgan fingerprint density at radius 2 is 1.95 bits per heavy atom. The SMILES string of the molecule is CC(c1ccccn1)N(Cc1ccccc1)C(=O)NC1CC1. The molecule has 114 valence electrons. The molecule has 22 heavy (non-hydrogen) atoms. The molecule has 1 atom stereocenters. The summed E-state index contributed by atoms with van der Waals surface area (Å²) in [5.74, 6) is 0. The molecule has 0 bridgehead atoms. The van der Waals surface area contributed by atoms with E-state index in [9.17, 15) is 4.79 Å². The highest BCUT2D eigenvalue weighted by Gasteiger charge is 2.28. The summed E-state index contributed by atoms with van der Waals surface area (Å²) in [5.41, 5.74) is 2.03.